The average Bonchev–Trinajstić information content (AvgIpc) is 2.37. The Balaban J connectivity index is 3.26. The number of hydrogen-bond donors (Lipinski definition) is 2. The van der Waals surface area contributed by atoms with Crippen molar-refractivity contribution in [1.82, 2.24) is 4.72 Å². The molecule has 0 aliphatic rings. The van der Waals surface area contributed by atoms with E-state index in [-0.39, 0.29) is 16.5 Å². The lowest BCUT2D eigenvalue weighted by molar-refractivity contribution is 0.0697. The van der Waals surface area contributed by atoms with Crippen molar-refractivity contribution in [2.45, 2.75) is 24.3 Å². The third kappa shape index (κ3) is 4.31. The summed E-state index contributed by atoms with van der Waals surface area (Å²) in [4.78, 5) is 10.8. The third-order valence-electron chi connectivity index (χ3n) is 2.74. The highest BCUT2D eigenvalue weighted by Crippen LogP contribution is 2.31. The van der Waals surface area contributed by atoms with Crippen molar-refractivity contribution in [1.29, 1.82) is 0 Å². The van der Waals surface area contributed by atoms with Crippen molar-refractivity contribution in [3.8, 4) is 0 Å². The first-order valence-electron chi connectivity index (χ1n) is 5.97. The number of carbonyl (C=O) groups is 1. The number of carboxylic acids is 1. The van der Waals surface area contributed by atoms with E-state index in [0.717, 1.165) is 0 Å². The molecule has 21 heavy (non-hydrogen) atoms. The zero-order valence-electron chi connectivity index (χ0n) is 11.4. The molecule has 9 heteroatoms. The molecular formula is C12H15Cl2NO5S. The Morgan fingerprint density at radius 1 is 1.43 bits per heavy atom. The molecule has 0 saturated heterocycles. The van der Waals surface area contributed by atoms with Crippen LogP contribution in [0.4, 0.5) is 0 Å². The van der Waals surface area contributed by atoms with Gasteiger partial charge in [0.15, 0.2) is 0 Å². The summed E-state index contributed by atoms with van der Waals surface area (Å²) in [7, 11) is -2.53. The second-order valence-electron chi connectivity index (χ2n) is 4.22. The molecular weight excluding hydrogens is 341 g/mol. The van der Waals surface area contributed by atoms with E-state index in [1.165, 1.54) is 19.2 Å². The first-order chi connectivity index (χ1) is 9.74. The topological polar surface area (TPSA) is 92.7 Å². The van der Waals surface area contributed by atoms with E-state index in [1.807, 2.05) is 0 Å². The number of nitrogens with one attached hydrogen (secondary N) is 1. The number of halogens is 2. The number of methoxy groups -OCH3 is 1. The summed E-state index contributed by atoms with van der Waals surface area (Å²) in [5.74, 6) is -1.40. The predicted octanol–water partition coefficient (Wildman–Crippen LogP) is 2.39. The number of rotatable bonds is 7. The molecule has 6 nitrogen and oxygen atoms in total. The van der Waals surface area contributed by atoms with Crippen molar-refractivity contribution >= 4 is 39.2 Å². The molecule has 1 unspecified atom stereocenters. The van der Waals surface area contributed by atoms with Gasteiger partial charge in [0.1, 0.15) is 4.90 Å². The molecule has 0 aromatic heterocycles. The van der Waals surface area contributed by atoms with E-state index in [1.54, 1.807) is 6.92 Å². The van der Waals surface area contributed by atoms with E-state index in [4.69, 9.17) is 33.0 Å². The van der Waals surface area contributed by atoms with Crippen molar-refractivity contribution in [2.75, 3.05) is 13.7 Å². The fraction of sp³-hybridized carbons (Fsp3) is 0.417. The number of hydrogen-bond acceptors (Lipinski definition) is 4. The maximum atomic E-state index is 12.3. The standard InChI is InChI=1S/C12H15Cl2NO5S/c1-3-7(6-20-2)15-21(18,19)9-5-4-8(13)10(11(9)14)12(16)17/h4-5,7,15H,3,6H2,1-2H3,(H,16,17). The summed E-state index contributed by atoms with van der Waals surface area (Å²) in [6.45, 7) is 1.98. The molecule has 0 spiro atoms. The minimum Gasteiger partial charge on any atom is -0.478 e. The SMILES string of the molecule is CCC(COC)NS(=O)(=O)c1ccc(Cl)c(C(=O)O)c1Cl. The molecule has 1 aromatic rings. The zero-order valence-corrected chi connectivity index (χ0v) is 13.7. The quantitative estimate of drug-likeness (QED) is 0.783. The van der Waals surface area contributed by atoms with Crippen LogP contribution in [0.3, 0.4) is 0 Å². The largest absolute Gasteiger partial charge is 0.478 e. The maximum absolute atomic E-state index is 12.3. The highest BCUT2D eigenvalue weighted by atomic mass is 35.5. The molecule has 2 N–H and O–H groups in total. The summed E-state index contributed by atoms with van der Waals surface area (Å²) in [6.07, 6.45) is 0.504. The Bertz CT molecular complexity index is 633. The normalized spacial score (nSPS) is 13.1. The van der Waals surface area contributed by atoms with Crippen molar-refractivity contribution in [3.05, 3.63) is 27.7 Å². The summed E-state index contributed by atoms with van der Waals surface area (Å²) >= 11 is 11.6. The minimum absolute atomic E-state index is 0.129. The molecule has 0 saturated carbocycles. The molecule has 1 rings (SSSR count). The predicted molar refractivity (Wildman–Crippen MR) is 79.7 cm³/mol. The summed E-state index contributed by atoms with van der Waals surface area (Å²) < 4.78 is 31.9. The van der Waals surface area contributed by atoms with Gasteiger partial charge in [0.25, 0.3) is 0 Å². The van der Waals surface area contributed by atoms with Crippen LogP contribution < -0.4 is 4.72 Å². The number of ether oxygens (including phenoxy) is 1. The number of sulfonamides is 1. The molecule has 0 radical (unpaired) electrons. The van der Waals surface area contributed by atoms with E-state index in [0.29, 0.717) is 6.42 Å². The minimum atomic E-state index is -3.98. The van der Waals surface area contributed by atoms with Gasteiger partial charge in [-0.2, -0.15) is 0 Å². The number of benzene rings is 1. The first kappa shape index (κ1) is 18.2. The molecule has 0 heterocycles. The molecule has 0 fully saturated rings. The van der Waals surface area contributed by atoms with Crippen LogP contribution in [0.2, 0.25) is 10.0 Å². The molecule has 0 bridgehead atoms. The lowest BCUT2D eigenvalue weighted by Crippen LogP contribution is -2.37. The second kappa shape index (κ2) is 7.42. The van der Waals surface area contributed by atoms with Crippen LogP contribution in [0.15, 0.2) is 17.0 Å². The van der Waals surface area contributed by atoms with Gasteiger partial charge in [0.05, 0.1) is 22.2 Å². The second-order valence-corrected chi connectivity index (χ2v) is 6.69. The molecule has 0 amide bonds. The van der Waals surface area contributed by atoms with Crippen LogP contribution in [0.25, 0.3) is 0 Å². The lowest BCUT2D eigenvalue weighted by Gasteiger charge is -2.17. The summed E-state index contributed by atoms with van der Waals surface area (Å²) in [5, 5.41) is 8.49. The first-order valence-corrected chi connectivity index (χ1v) is 8.21. The Hall–Kier alpha value is -0.860. The Morgan fingerprint density at radius 3 is 2.52 bits per heavy atom. The van der Waals surface area contributed by atoms with Gasteiger partial charge in [0.2, 0.25) is 10.0 Å². The highest BCUT2D eigenvalue weighted by molar-refractivity contribution is 7.89. The maximum Gasteiger partial charge on any atom is 0.338 e. The van der Waals surface area contributed by atoms with Crippen LogP contribution in [-0.2, 0) is 14.8 Å². The van der Waals surface area contributed by atoms with Crippen LogP contribution in [0.1, 0.15) is 23.7 Å². The van der Waals surface area contributed by atoms with E-state index < -0.39 is 32.6 Å². The average molecular weight is 356 g/mol. The van der Waals surface area contributed by atoms with Gasteiger partial charge in [-0.1, -0.05) is 30.1 Å². The van der Waals surface area contributed by atoms with Gasteiger partial charge in [-0.05, 0) is 18.6 Å². The van der Waals surface area contributed by atoms with Crippen LogP contribution in [0.5, 0.6) is 0 Å². The fourth-order valence-corrected chi connectivity index (χ4v) is 3.88. The van der Waals surface area contributed by atoms with Gasteiger partial charge in [-0.3, -0.25) is 0 Å². The summed E-state index contributed by atoms with van der Waals surface area (Å²) in [6, 6.07) is 1.90. The number of carboxylic acid groups (broad SMARTS) is 1. The zero-order chi connectivity index (χ0) is 16.2. The molecule has 0 aliphatic heterocycles. The molecule has 118 valence electrons. The van der Waals surface area contributed by atoms with Crippen LogP contribution in [0, 0.1) is 0 Å². The number of aromatic carboxylic acids is 1. The van der Waals surface area contributed by atoms with Gasteiger partial charge >= 0.3 is 5.97 Å². The Labute approximate surface area is 133 Å². The van der Waals surface area contributed by atoms with Crippen molar-refractivity contribution in [3.63, 3.8) is 0 Å². The van der Waals surface area contributed by atoms with Crippen molar-refractivity contribution in [2.24, 2.45) is 0 Å². The lowest BCUT2D eigenvalue weighted by atomic mass is 10.2. The smallest absolute Gasteiger partial charge is 0.338 e. The van der Waals surface area contributed by atoms with Gasteiger partial charge in [0, 0.05) is 13.2 Å². The van der Waals surface area contributed by atoms with Crippen LogP contribution >= 0.6 is 23.2 Å². The van der Waals surface area contributed by atoms with E-state index in [2.05, 4.69) is 4.72 Å². The van der Waals surface area contributed by atoms with E-state index >= 15 is 0 Å². The molecule has 0 aliphatic carbocycles. The highest BCUT2D eigenvalue weighted by Gasteiger charge is 2.26. The third-order valence-corrected chi connectivity index (χ3v) is 5.12. The molecule has 1 aromatic carbocycles. The molecule has 1 atom stereocenters. The Morgan fingerprint density at radius 2 is 2.05 bits per heavy atom. The van der Waals surface area contributed by atoms with Crippen molar-refractivity contribution < 1.29 is 23.1 Å². The van der Waals surface area contributed by atoms with Gasteiger partial charge < -0.3 is 9.84 Å². The van der Waals surface area contributed by atoms with E-state index in [9.17, 15) is 13.2 Å². The monoisotopic (exact) mass is 355 g/mol. The summed E-state index contributed by atoms with van der Waals surface area (Å²) in [5.41, 5.74) is -0.444. The Kier molecular flexibility index (Phi) is 6.42. The van der Waals surface area contributed by atoms with Gasteiger partial charge in [-0.25, -0.2) is 17.9 Å². The fourth-order valence-electron chi connectivity index (χ4n) is 1.66. The van der Waals surface area contributed by atoms with Crippen LogP contribution in [-0.4, -0.2) is 39.3 Å². The van der Waals surface area contributed by atoms with Gasteiger partial charge in [-0.15, -0.1) is 0 Å².